The van der Waals surface area contributed by atoms with Crippen molar-refractivity contribution in [1.82, 2.24) is 29.5 Å². The molecule has 3 aromatic heterocycles. The van der Waals surface area contributed by atoms with Crippen LogP contribution < -0.4 is 5.32 Å². The zero-order chi connectivity index (χ0) is 25.6. The highest BCUT2D eigenvalue weighted by Gasteiger charge is 2.21. The lowest BCUT2D eigenvalue weighted by molar-refractivity contribution is -0.385. The van der Waals surface area contributed by atoms with Gasteiger partial charge in [-0.3, -0.25) is 14.9 Å². The number of amides is 1. The fourth-order valence-electron chi connectivity index (χ4n) is 4.14. The van der Waals surface area contributed by atoms with E-state index in [0.29, 0.717) is 28.4 Å². The van der Waals surface area contributed by atoms with Crippen LogP contribution in [0.3, 0.4) is 0 Å². The Morgan fingerprint density at radius 2 is 1.78 bits per heavy atom. The standard InChI is InChI=1S/C25H22N8O3/c1-14-7-5-9-20(16(14)3)31-23-19(12-28-31)24(27-13-26-23)32-22(11-15(2)30-32)29-25(34)18-8-6-10-21(17(18)4)33(35)36/h5-13H,1-4H3,(H,29,34). The van der Waals surface area contributed by atoms with Gasteiger partial charge >= 0.3 is 0 Å². The Balaban J connectivity index is 1.58. The number of benzene rings is 2. The Hall–Kier alpha value is -4.93. The predicted molar refractivity (Wildman–Crippen MR) is 134 cm³/mol. The number of rotatable bonds is 5. The summed E-state index contributed by atoms with van der Waals surface area (Å²) in [5, 5.41) is 23.9. The van der Waals surface area contributed by atoms with E-state index in [1.54, 1.807) is 36.9 Å². The summed E-state index contributed by atoms with van der Waals surface area (Å²) < 4.78 is 3.27. The van der Waals surface area contributed by atoms with Crippen molar-refractivity contribution in [2.75, 3.05) is 5.32 Å². The first-order valence-electron chi connectivity index (χ1n) is 11.1. The first-order valence-corrected chi connectivity index (χ1v) is 11.1. The molecule has 1 N–H and O–H groups in total. The Morgan fingerprint density at radius 1 is 1.00 bits per heavy atom. The Bertz CT molecular complexity index is 1670. The topological polar surface area (TPSA) is 134 Å². The van der Waals surface area contributed by atoms with Crippen molar-refractivity contribution in [1.29, 1.82) is 0 Å². The van der Waals surface area contributed by atoms with Crippen molar-refractivity contribution < 1.29 is 9.72 Å². The summed E-state index contributed by atoms with van der Waals surface area (Å²) in [7, 11) is 0. The van der Waals surface area contributed by atoms with Gasteiger partial charge in [0.15, 0.2) is 11.5 Å². The van der Waals surface area contributed by atoms with Crippen LogP contribution in [-0.2, 0) is 0 Å². The van der Waals surface area contributed by atoms with Gasteiger partial charge in [-0.1, -0.05) is 18.2 Å². The zero-order valence-electron chi connectivity index (χ0n) is 20.1. The summed E-state index contributed by atoms with van der Waals surface area (Å²) in [5.41, 5.74) is 4.72. The maximum Gasteiger partial charge on any atom is 0.273 e. The molecule has 0 fully saturated rings. The van der Waals surface area contributed by atoms with Crippen molar-refractivity contribution in [2.45, 2.75) is 27.7 Å². The lowest BCUT2D eigenvalue weighted by Gasteiger charge is -2.11. The number of aryl methyl sites for hydroxylation is 2. The molecular weight excluding hydrogens is 460 g/mol. The van der Waals surface area contributed by atoms with E-state index in [9.17, 15) is 14.9 Å². The summed E-state index contributed by atoms with van der Waals surface area (Å²) in [5.74, 6) is 0.312. The van der Waals surface area contributed by atoms with E-state index in [2.05, 4.69) is 25.5 Å². The summed E-state index contributed by atoms with van der Waals surface area (Å²) >= 11 is 0. The molecule has 5 aromatic rings. The number of nitrogens with zero attached hydrogens (tertiary/aromatic N) is 7. The number of aromatic nitrogens is 6. The van der Waals surface area contributed by atoms with Gasteiger partial charge in [-0.05, 0) is 51.0 Å². The molecular formula is C25H22N8O3. The minimum Gasteiger partial charge on any atom is -0.306 e. The number of carbonyl (C=O) groups excluding carboxylic acids is 1. The van der Waals surface area contributed by atoms with Crippen LogP contribution in [-0.4, -0.2) is 40.4 Å². The van der Waals surface area contributed by atoms with E-state index in [4.69, 9.17) is 0 Å². The summed E-state index contributed by atoms with van der Waals surface area (Å²) in [6, 6.07) is 12.1. The highest BCUT2D eigenvalue weighted by Crippen LogP contribution is 2.27. The number of nitro benzene ring substituents is 1. The van der Waals surface area contributed by atoms with Crippen LogP contribution >= 0.6 is 0 Å². The maximum absolute atomic E-state index is 13.1. The van der Waals surface area contributed by atoms with E-state index >= 15 is 0 Å². The highest BCUT2D eigenvalue weighted by molar-refractivity contribution is 6.05. The third-order valence-corrected chi connectivity index (χ3v) is 6.17. The average Bonchev–Trinajstić information content (AvgIpc) is 3.44. The molecule has 0 unspecified atom stereocenters. The van der Waals surface area contributed by atoms with Gasteiger partial charge in [-0.2, -0.15) is 14.9 Å². The van der Waals surface area contributed by atoms with Crippen LogP contribution in [0.2, 0.25) is 0 Å². The minimum atomic E-state index is -0.508. The fraction of sp³-hybridized carbons (Fsp3) is 0.160. The first-order chi connectivity index (χ1) is 17.3. The van der Waals surface area contributed by atoms with Crippen LogP contribution in [0, 0.1) is 37.8 Å². The molecule has 11 heteroatoms. The lowest BCUT2D eigenvalue weighted by atomic mass is 10.1. The molecule has 1 amide bonds. The number of anilines is 1. The van der Waals surface area contributed by atoms with Crippen LogP contribution in [0.15, 0.2) is 55.0 Å². The molecule has 0 aliphatic carbocycles. The zero-order valence-corrected chi connectivity index (χ0v) is 20.1. The van der Waals surface area contributed by atoms with Gasteiger partial charge in [-0.15, -0.1) is 0 Å². The predicted octanol–water partition coefficient (Wildman–Crippen LogP) is 4.40. The number of nitro groups is 1. The molecule has 5 rings (SSSR count). The molecule has 0 atom stereocenters. The molecule has 0 saturated carbocycles. The third kappa shape index (κ3) is 3.76. The molecule has 3 heterocycles. The smallest absolute Gasteiger partial charge is 0.273 e. The quantitative estimate of drug-likeness (QED) is 0.290. The van der Waals surface area contributed by atoms with Crippen LogP contribution in [0.5, 0.6) is 0 Å². The second-order valence-electron chi connectivity index (χ2n) is 8.45. The number of nitrogens with one attached hydrogen (secondary N) is 1. The van der Waals surface area contributed by atoms with Crippen molar-refractivity contribution in [2.24, 2.45) is 0 Å². The van der Waals surface area contributed by atoms with E-state index in [1.807, 2.05) is 32.0 Å². The number of hydrogen-bond donors (Lipinski definition) is 1. The first kappa shape index (κ1) is 22.8. The molecule has 36 heavy (non-hydrogen) atoms. The molecule has 0 bridgehead atoms. The van der Waals surface area contributed by atoms with Crippen molar-refractivity contribution >= 4 is 28.4 Å². The van der Waals surface area contributed by atoms with Gasteiger partial charge in [0.25, 0.3) is 11.6 Å². The molecule has 0 radical (unpaired) electrons. The van der Waals surface area contributed by atoms with Gasteiger partial charge in [-0.25, -0.2) is 14.6 Å². The molecule has 0 spiro atoms. The number of carbonyl (C=O) groups is 1. The van der Waals surface area contributed by atoms with Crippen molar-refractivity contribution in [3.63, 3.8) is 0 Å². The third-order valence-electron chi connectivity index (χ3n) is 6.17. The lowest BCUT2D eigenvalue weighted by Crippen LogP contribution is -2.17. The van der Waals surface area contributed by atoms with E-state index < -0.39 is 10.8 Å². The average molecular weight is 483 g/mol. The van der Waals surface area contributed by atoms with E-state index in [1.165, 1.54) is 23.1 Å². The fourth-order valence-corrected chi connectivity index (χ4v) is 4.14. The summed E-state index contributed by atoms with van der Waals surface area (Å²) in [6.07, 6.45) is 3.09. The molecule has 0 aliphatic heterocycles. The van der Waals surface area contributed by atoms with Gasteiger partial charge in [0.1, 0.15) is 12.1 Å². The van der Waals surface area contributed by atoms with Gasteiger partial charge in [0.2, 0.25) is 0 Å². The largest absolute Gasteiger partial charge is 0.306 e. The Morgan fingerprint density at radius 3 is 2.56 bits per heavy atom. The second-order valence-corrected chi connectivity index (χ2v) is 8.45. The molecule has 0 aliphatic rings. The van der Waals surface area contributed by atoms with Crippen LogP contribution in [0.1, 0.15) is 32.7 Å². The van der Waals surface area contributed by atoms with Crippen molar-refractivity contribution in [3.8, 4) is 11.5 Å². The Kier molecular flexibility index (Phi) is 5.51. The van der Waals surface area contributed by atoms with E-state index in [-0.39, 0.29) is 16.8 Å². The SMILES string of the molecule is Cc1cc(NC(=O)c2cccc([N+](=O)[O-])c2C)n(-c2ncnc3c2cnn3-c2cccc(C)c2C)n1. The van der Waals surface area contributed by atoms with Gasteiger partial charge < -0.3 is 5.32 Å². The van der Waals surface area contributed by atoms with E-state index in [0.717, 1.165) is 16.8 Å². The molecule has 0 saturated heterocycles. The second kappa shape index (κ2) is 8.69. The van der Waals surface area contributed by atoms with Crippen molar-refractivity contribution in [3.05, 3.63) is 93.1 Å². The minimum absolute atomic E-state index is 0.122. The molecule has 11 nitrogen and oxygen atoms in total. The highest BCUT2D eigenvalue weighted by atomic mass is 16.6. The summed E-state index contributed by atoms with van der Waals surface area (Å²) in [6.45, 7) is 7.41. The summed E-state index contributed by atoms with van der Waals surface area (Å²) in [4.78, 5) is 32.8. The Labute approximate surface area is 205 Å². The van der Waals surface area contributed by atoms with Gasteiger partial charge in [0, 0.05) is 23.3 Å². The maximum atomic E-state index is 13.1. The molecule has 180 valence electrons. The molecule has 2 aromatic carbocycles. The number of hydrogen-bond acceptors (Lipinski definition) is 7. The number of fused-ring (bicyclic) bond motifs is 1. The van der Waals surface area contributed by atoms with Gasteiger partial charge in [0.05, 0.1) is 27.9 Å². The normalized spacial score (nSPS) is 11.1. The monoisotopic (exact) mass is 482 g/mol. The van der Waals surface area contributed by atoms with Crippen LogP contribution in [0.25, 0.3) is 22.5 Å². The van der Waals surface area contributed by atoms with Crippen LogP contribution in [0.4, 0.5) is 11.5 Å².